The lowest BCUT2D eigenvalue weighted by Gasteiger charge is -1.92. The lowest BCUT2D eigenvalue weighted by atomic mass is 10.1. The van der Waals surface area contributed by atoms with E-state index in [-0.39, 0.29) is 0 Å². The lowest BCUT2D eigenvalue weighted by Crippen LogP contribution is -1.74. The van der Waals surface area contributed by atoms with Gasteiger partial charge < -0.3 is 9.40 Å². The fourth-order valence-electron chi connectivity index (χ4n) is 2.98. The molecule has 0 bridgehead atoms. The molecule has 5 rings (SSSR count). The molecule has 22 heavy (non-hydrogen) atoms. The Kier molecular flexibility index (Phi) is 2.22. The van der Waals surface area contributed by atoms with Crippen LogP contribution in [-0.4, -0.2) is 9.97 Å². The van der Waals surface area contributed by atoms with Gasteiger partial charge in [0, 0.05) is 27.4 Å². The van der Waals surface area contributed by atoms with Crippen molar-refractivity contribution in [3.8, 4) is 11.5 Å². The molecule has 3 heteroatoms. The third-order valence-electron chi connectivity index (χ3n) is 4.04. The van der Waals surface area contributed by atoms with Gasteiger partial charge in [0.2, 0.25) is 5.89 Å². The Morgan fingerprint density at radius 3 is 2.50 bits per heavy atom. The van der Waals surface area contributed by atoms with Crippen LogP contribution in [0, 0.1) is 0 Å². The monoisotopic (exact) mass is 284 g/mol. The van der Waals surface area contributed by atoms with E-state index >= 15 is 0 Å². The molecule has 0 atom stereocenters. The number of benzene rings is 3. The SMILES string of the molecule is c1ccc(-c2nc3cc4[nH]c5ccccc5c4cc3o2)cc1. The summed E-state index contributed by atoms with van der Waals surface area (Å²) in [5.41, 5.74) is 4.90. The molecule has 104 valence electrons. The van der Waals surface area contributed by atoms with Crippen LogP contribution in [0.1, 0.15) is 0 Å². The average molecular weight is 284 g/mol. The van der Waals surface area contributed by atoms with Gasteiger partial charge in [0.1, 0.15) is 5.52 Å². The third kappa shape index (κ3) is 1.59. The number of oxazole rings is 1. The Labute approximate surface area is 126 Å². The molecule has 0 fully saturated rings. The van der Waals surface area contributed by atoms with Gasteiger partial charge in [-0.15, -0.1) is 0 Å². The number of nitrogens with zero attached hydrogens (tertiary/aromatic N) is 1. The Balaban J connectivity index is 1.81. The van der Waals surface area contributed by atoms with Crippen LogP contribution in [0.5, 0.6) is 0 Å². The van der Waals surface area contributed by atoms with Crippen LogP contribution in [0.2, 0.25) is 0 Å². The van der Waals surface area contributed by atoms with Gasteiger partial charge in [0.15, 0.2) is 5.58 Å². The molecule has 2 aromatic heterocycles. The normalized spacial score (nSPS) is 11.6. The van der Waals surface area contributed by atoms with E-state index in [4.69, 9.17) is 4.42 Å². The summed E-state index contributed by atoms with van der Waals surface area (Å²) in [5.74, 6) is 0.660. The molecular formula is C19H12N2O. The van der Waals surface area contributed by atoms with E-state index in [1.54, 1.807) is 0 Å². The summed E-state index contributed by atoms with van der Waals surface area (Å²) in [6.45, 7) is 0. The van der Waals surface area contributed by atoms with Crippen molar-refractivity contribution >= 4 is 32.9 Å². The largest absolute Gasteiger partial charge is 0.436 e. The van der Waals surface area contributed by atoms with Gasteiger partial charge in [-0.3, -0.25) is 0 Å². The predicted molar refractivity (Wildman–Crippen MR) is 88.8 cm³/mol. The van der Waals surface area contributed by atoms with E-state index in [1.165, 1.54) is 10.8 Å². The first-order chi connectivity index (χ1) is 10.9. The van der Waals surface area contributed by atoms with Crippen LogP contribution in [0.25, 0.3) is 44.4 Å². The van der Waals surface area contributed by atoms with Crippen molar-refractivity contribution in [1.82, 2.24) is 9.97 Å². The summed E-state index contributed by atoms with van der Waals surface area (Å²) in [6, 6.07) is 22.4. The molecule has 3 nitrogen and oxygen atoms in total. The number of H-pyrrole nitrogens is 1. The van der Waals surface area contributed by atoms with Crippen molar-refractivity contribution in [3.63, 3.8) is 0 Å². The Bertz CT molecular complexity index is 1120. The number of para-hydroxylation sites is 1. The first-order valence-corrected chi connectivity index (χ1v) is 7.25. The zero-order valence-electron chi connectivity index (χ0n) is 11.7. The van der Waals surface area contributed by atoms with Gasteiger partial charge in [-0.25, -0.2) is 4.98 Å². The Morgan fingerprint density at radius 1 is 0.773 bits per heavy atom. The molecule has 0 radical (unpaired) electrons. The highest BCUT2D eigenvalue weighted by Gasteiger charge is 2.11. The van der Waals surface area contributed by atoms with E-state index in [2.05, 4.69) is 40.3 Å². The number of nitrogens with one attached hydrogen (secondary N) is 1. The molecule has 0 aliphatic rings. The quantitative estimate of drug-likeness (QED) is 0.463. The van der Waals surface area contributed by atoms with Gasteiger partial charge in [0.25, 0.3) is 0 Å². The number of aromatic nitrogens is 2. The highest BCUT2D eigenvalue weighted by atomic mass is 16.3. The van der Waals surface area contributed by atoms with Crippen LogP contribution >= 0.6 is 0 Å². The predicted octanol–water partition coefficient (Wildman–Crippen LogP) is 5.13. The number of hydrogen-bond donors (Lipinski definition) is 1. The zero-order valence-corrected chi connectivity index (χ0v) is 11.7. The van der Waals surface area contributed by atoms with Crippen LogP contribution in [0.15, 0.2) is 71.1 Å². The number of fused-ring (bicyclic) bond motifs is 4. The second kappa shape index (κ2) is 4.21. The molecule has 0 amide bonds. The topological polar surface area (TPSA) is 41.8 Å². The fourth-order valence-corrected chi connectivity index (χ4v) is 2.98. The first kappa shape index (κ1) is 11.6. The van der Waals surface area contributed by atoms with E-state index < -0.39 is 0 Å². The first-order valence-electron chi connectivity index (χ1n) is 7.25. The summed E-state index contributed by atoms with van der Waals surface area (Å²) in [7, 11) is 0. The standard InChI is InChI=1S/C19H12N2O/c1-2-6-12(7-3-1)19-21-17-11-16-14(10-18(17)22-19)13-8-4-5-9-15(13)20-16/h1-11,20H. The molecule has 0 saturated carbocycles. The molecule has 5 aromatic rings. The Hall–Kier alpha value is -3.07. The maximum absolute atomic E-state index is 5.96. The summed E-state index contributed by atoms with van der Waals surface area (Å²) in [6.07, 6.45) is 0. The maximum atomic E-state index is 5.96. The van der Waals surface area contributed by atoms with Gasteiger partial charge in [-0.05, 0) is 30.3 Å². The third-order valence-corrected chi connectivity index (χ3v) is 4.04. The molecule has 0 aliphatic heterocycles. The highest BCUT2D eigenvalue weighted by Crippen LogP contribution is 2.31. The number of hydrogen-bond acceptors (Lipinski definition) is 2. The maximum Gasteiger partial charge on any atom is 0.227 e. The van der Waals surface area contributed by atoms with E-state index in [0.29, 0.717) is 5.89 Å². The van der Waals surface area contributed by atoms with Gasteiger partial charge >= 0.3 is 0 Å². The van der Waals surface area contributed by atoms with Crippen LogP contribution < -0.4 is 0 Å². The van der Waals surface area contributed by atoms with Gasteiger partial charge in [0.05, 0.1) is 0 Å². The molecule has 1 N–H and O–H groups in total. The Morgan fingerprint density at radius 2 is 1.59 bits per heavy atom. The van der Waals surface area contributed by atoms with Gasteiger partial charge in [-0.2, -0.15) is 0 Å². The van der Waals surface area contributed by atoms with Crippen molar-refractivity contribution in [3.05, 3.63) is 66.7 Å². The summed E-state index contributed by atoms with van der Waals surface area (Å²) in [4.78, 5) is 8.05. The average Bonchev–Trinajstić information content (AvgIpc) is 3.14. The van der Waals surface area contributed by atoms with Gasteiger partial charge in [-0.1, -0.05) is 36.4 Å². The van der Waals surface area contributed by atoms with E-state index in [0.717, 1.165) is 27.7 Å². The van der Waals surface area contributed by atoms with Crippen molar-refractivity contribution < 1.29 is 4.42 Å². The lowest BCUT2D eigenvalue weighted by molar-refractivity contribution is 0.620. The molecular weight excluding hydrogens is 272 g/mol. The number of rotatable bonds is 1. The fraction of sp³-hybridized carbons (Fsp3) is 0. The van der Waals surface area contributed by atoms with Crippen LogP contribution in [-0.2, 0) is 0 Å². The van der Waals surface area contributed by atoms with Crippen molar-refractivity contribution in [2.24, 2.45) is 0 Å². The summed E-state index contributed by atoms with van der Waals surface area (Å²) in [5, 5.41) is 2.37. The second-order valence-electron chi connectivity index (χ2n) is 5.42. The minimum atomic E-state index is 0.660. The molecule has 3 aromatic carbocycles. The molecule has 0 aliphatic carbocycles. The van der Waals surface area contributed by atoms with E-state index in [1.807, 2.05) is 36.4 Å². The van der Waals surface area contributed by atoms with Crippen molar-refractivity contribution in [2.45, 2.75) is 0 Å². The highest BCUT2D eigenvalue weighted by molar-refractivity contribution is 6.10. The summed E-state index contributed by atoms with van der Waals surface area (Å²) < 4.78 is 5.96. The van der Waals surface area contributed by atoms with Crippen molar-refractivity contribution in [2.75, 3.05) is 0 Å². The molecule has 0 saturated heterocycles. The number of aromatic amines is 1. The molecule has 0 unspecified atom stereocenters. The van der Waals surface area contributed by atoms with Crippen LogP contribution in [0.3, 0.4) is 0 Å². The molecule has 0 spiro atoms. The van der Waals surface area contributed by atoms with E-state index in [9.17, 15) is 0 Å². The zero-order chi connectivity index (χ0) is 14.5. The van der Waals surface area contributed by atoms with Crippen LogP contribution in [0.4, 0.5) is 0 Å². The summed E-state index contributed by atoms with van der Waals surface area (Å²) >= 11 is 0. The minimum Gasteiger partial charge on any atom is -0.436 e. The second-order valence-corrected chi connectivity index (χ2v) is 5.42. The smallest absolute Gasteiger partial charge is 0.227 e. The van der Waals surface area contributed by atoms with Crippen molar-refractivity contribution in [1.29, 1.82) is 0 Å². The minimum absolute atomic E-state index is 0.660. The molecule has 2 heterocycles.